The number of halogens is 1. The predicted molar refractivity (Wildman–Crippen MR) is 128 cm³/mol. The Balaban J connectivity index is 1.73. The van der Waals surface area contributed by atoms with E-state index in [0.717, 1.165) is 10.6 Å². The number of benzene rings is 3. The summed E-state index contributed by atoms with van der Waals surface area (Å²) < 4.78 is 19.0. The molecular weight excluding hydrogens is 421 g/mol. The molecule has 0 bridgehead atoms. The molecule has 3 aromatic rings. The van der Waals surface area contributed by atoms with Gasteiger partial charge in [-0.05, 0) is 73.2 Å². The lowest BCUT2D eigenvalue weighted by Gasteiger charge is -2.16. The molecule has 7 heteroatoms. The Morgan fingerprint density at radius 2 is 1.52 bits per heavy atom. The second-order valence-electron chi connectivity index (χ2n) is 7.70. The fraction of sp³-hybridized carbons (Fsp3) is 0.154. The average Bonchev–Trinajstić information content (AvgIpc) is 3.05. The first-order valence-corrected chi connectivity index (χ1v) is 10.6. The number of imide groups is 1. The molecule has 2 amide bonds. The van der Waals surface area contributed by atoms with Crippen LogP contribution in [-0.4, -0.2) is 32.5 Å². The first-order valence-electron chi connectivity index (χ1n) is 10.6. The van der Waals surface area contributed by atoms with Crippen LogP contribution in [0.3, 0.4) is 0 Å². The zero-order valence-electron chi connectivity index (χ0n) is 18.6. The molecule has 0 spiro atoms. The Kier molecular flexibility index (Phi) is 6.13. The molecule has 1 heterocycles. The maximum Gasteiger partial charge on any atom is 0.282 e. The number of carbonyl (C=O) groups excluding carboxylic acids is 2. The van der Waals surface area contributed by atoms with E-state index >= 15 is 0 Å². The number of anilines is 3. The van der Waals surface area contributed by atoms with Crippen LogP contribution in [0.5, 0.6) is 5.75 Å². The average molecular weight is 445 g/mol. The number of carbonyl (C=O) groups is 2. The zero-order chi connectivity index (χ0) is 23.5. The van der Waals surface area contributed by atoms with Crippen LogP contribution in [0, 0.1) is 5.82 Å². The Hall–Kier alpha value is -4.13. The van der Waals surface area contributed by atoms with Gasteiger partial charge in [-0.15, -0.1) is 0 Å². The Morgan fingerprint density at radius 3 is 2.09 bits per heavy atom. The van der Waals surface area contributed by atoms with Gasteiger partial charge in [-0.1, -0.05) is 12.1 Å². The van der Waals surface area contributed by atoms with Crippen molar-refractivity contribution in [3.63, 3.8) is 0 Å². The highest BCUT2D eigenvalue weighted by molar-refractivity contribution is 6.46. The molecule has 1 aliphatic rings. The Morgan fingerprint density at radius 1 is 0.879 bits per heavy atom. The number of amides is 2. The van der Waals surface area contributed by atoms with Gasteiger partial charge in [0, 0.05) is 25.5 Å². The molecule has 6 nitrogen and oxygen atoms in total. The molecule has 33 heavy (non-hydrogen) atoms. The summed E-state index contributed by atoms with van der Waals surface area (Å²) in [7, 11) is 3.87. The van der Waals surface area contributed by atoms with Crippen LogP contribution in [0.1, 0.15) is 12.5 Å². The van der Waals surface area contributed by atoms with Gasteiger partial charge in [0.25, 0.3) is 11.8 Å². The molecule has 1 aliphatic heterocycles. The molecule has 0 saturated carbocycles. The van der Waals surface area contributed by atoms with E-state index in [1.54, 1.807) is 24.3 Å². The summed E-state index contributed by atoms with van der Waals surface area (Å²) in [5.41, 5.74) is 2.86. The van der Waals surface area contributed by atoms with Crippen LogP contribution in [0.15, 0.2) is 78.5 Å². The molecule has 1 N–H and O–H groups in total. The quantitative estimate of drug-likeness (QED) is 0.535. The van der Waals surface area contributed by atoms with E-state index in [9.17, 15) is 14.0 Å². The predicted octanol–water partition coefficient (Wildman–Crippen LogP) is 4.69. The van der Waals surface area contributed by atoms with E-state index in [1.807, 2.05) is 50.2 Å². The molecule has 0 aliphatic carbocycles. The maximum absolute atomic E-state index is 13.5. The Labute approximate surface area is 191 Å². The van der Waals surface area contributed by atoms with Gasteiger partial charge in [0.05, 0.1) is 17.9 Å². The number of nitrogens with one attached hydrogen (secondary N) is 1. The van der Waals surface area contributed by atoms with Crippen molar-refractivity contribution in [3.05, 3.63) is 89.9 Å². The monoisotopic (exact) mass is 445 g/mol. The molecule has 0 unspecified atom stereocenters. The number of ether oxygens (including phenoxy) is 1. The lowest BCUT2D eigenvalue weighted by Crippen LogP contribution is -2.32. The molecule has 0 saturated heterocycles. The third kappa shape index (κ3) is 4.43. The summed E-state index contributed by atoms with van der Waals surface area (Å²) in [5.74, 6) is -0.747. The fourth-order valence-electron chi connectivity index (χ4n) is 3.61. The summed E-state index contributed by atoms with van der Waals surface area (Å²) in [4.78, 5) is 29.9. The molecule has 3 aromatic carbocycles. The highest BCUT2D eigenvalue weighted by atomic mass is 19.1. The lowest BCUT2D eigenvalue weighted by molar-refractivity contribution is -0.120. The molecule has 0 atom stereocenters. The molecule has 0 fully saturated rings. The van der Waals surface area contributed by atoms with Crippen molar-refractivity contribution in [1.29, 1.82) is 0 Å². The van der Waals surface area contributed by atoms with Crippen LogP contribution in [0.4, 0.5) is 21.5 Å². The summed E-state index contributed by atoms with van der Waals surface area (Å²) in [5, 5.41) is 3.11. The maximum atomic E-state index is 13.5. The van der Waals surface area contributed by atoms with Gasteiger partial charge in [0.1, 0.15) is 17.3 Å². The first kappa shape index (κ1) is 22.1. The second-order valence-corrected chi connectivity index (χ2v) is 7.70. The fourth-order valence-corrected chi connectivity index (χ4v) is 3.61. The van der Waals surface area contributed by atoms with Crippen molar-refractivity contribution in [1.82, 2.24) is 0 Å². The molecule has 0 radical (unpaired) electrons. The van der Waals surface area contributed by atoms with E-state index in [1.165, 1.54) is 24.3 Å². The van der Waals surface area contributed by atoms with Gasteiger partial charge in [-0.2, -0.15) is 0 Å². The summed E-state index contributed by atoms with van der Waals surface area (Å²) in [6.45, 7) is 2.39. The van der Waals surface area contributed by atoms with Crippen LogP contribution in [0.2, 0.25) is 0 Å². The van der Waals surface area contributed by atoms with Gasteiger partial charge in [-0.25, -0.2) is 9.29 Å². The number of nitrogens with zero attached hydrogens (tertiary/aromatic N) is 2. The van der Waals surface area contributed by atoms with Crippen molar-refractivity contribution < 1.29 is 18.7 Å². The van der Waals surface area contributed by atoms with Gasteiger partial charge in [0.15, 0.2) is 0 Å². The number of rotatable bonds is 7. The number of hydrogen-bond donors (Lipinski definition) is 1. The standard InChI is InChI=1S/C26H24FN3O3/c1-4-33-22-15-13-21(14-16-22)30-25(31)23(17-5-7-18(27)8-6-17)24(26(30)32)28-19-9-11-20(12-10-19)29(2)3/h5-16,28H,4H2,1-3H3. The van der Waals surface area contributed by atoms with Crippen LogP contribution in [-0.2, 0) is 9.59 Å². The van der Waals surface area contributed by atoms with Gasteiger partial charge >= 0.3 is 0 Å². The van der Waals surface area contributed by atoms with E-state index in [2.05, 4.69) is 5.32 Å². The van der Waals surface area contributed by atoms with E-state index in [0.29, 0.717) is 29.3 Å². The van der Waals surface area contributed by atoms with Gasteiger partial charge < -0.3 is 15.0 Å². The van der Waals surface area contributed by atoms with Crippen molar-refractivity contribution in [2.75, 3.05) is 35.8 Å². The van der Waals surface area contributed by atoms with E-state index in [4.69, 9.17) is 4.74 Å². The summed E-state index contributed by atoms with van der Waals surface area (Å²) >= 11 is 0. The largest absolute Gasteiger partial charge is 0.494 e. The highest BCUT2D eigenvalue weighted by Gasteiger charge is 2.40. The summed E-state index contributed by atoms with van der Waals surface area (Å²) in [6.07, 6.45) is 0. The van der Waals surface area contributed by atoms with Crippen LogP contribution in [0.25, 0.3) is 5.57 Å². The van der Waals surface area contributed by atoms with Crippen molar-refractivity contribution >= 4 is 34.4 Å². The SMILES string of the molecule is CCOc1ccc(N2C(=O)C(Nc3ccc(N(C)C)cc3)=C(c3ccc(F)cc3)C2=O)cc1. The minimum absolute atomic E-state index is 0.137. The zero-order valence-corrected chi connectivity index (χ0v) is 18.6. The van der Waals surface area contributed by atoms with E-state index in [-0.39, 0.29) is 11.3 Å². The first-order chi connectivity index (χ1) is 15.9. The smallest absolute Gasteiger partial charge is 0.282 e. The summed E-state index contributed by atoms with van der Waals surface area (Å²) in [6, 6.07) is 19.8. The van der Waals surface area contributed by atoms with Crippen molar-refractivity contribution in [2.24, 2.45) is 0 Å². The third-order valence-corrected chi connectivity index (χ3v) is 5.28. The van der Waals surface area contributed by atoms with Gasteiger partial charge in [0.2, 0.25) is 0 Å². The molecule has 0 aromatic heterocycles. The van der Waals surface area contributed by atoms with Crippen molar-refractivity contribution in [3.8, 4) is 5.75 Å². The molecule has 168 valence electrons. The molecular formula is C26H24FN3O3. The van der Waals surface area contributed by atoms with Crippen molar-refractivity contribution in [2.45, 2.75) is 6.92 Å². The van der Waals surface area contributed by atoms with Crippen LogP contribution < -0.4 is 19.9 Å². The minimum atomic E-state index is -0.486. The van der Waals surface area contributed by atoms with Gasteiger partial charge in [-0.3, -0.25) is 9.59 Å². The third-order valence-electron chi connectivity index (χ3n) is 5.28. The topological polar surface area (TPSA) is 61.9 Å². The Bertz CT molecular complexity index is 1200. The normalized spacial score (nSPS) is 13.5. The second kappa shape index (κ2) is 9.16. The minimum Gasteiger partial charge on any atom is -0.494 e. The number of hydrogen-bond acceptors (Lipinski definition) is 5. The van der Waals surface area contributed by atoms with Crippen LogP contribution >= 0.6 is 0 Å². The van der Waals surface area contributed by atoms with E-state index < -0.39 is 17.6 Å². The molecule has 4 rings (SSSR count). The highest BCUT2D eigenvalue weighted by Crippen LogP contribution is 2.34. The lowest BCUT2D eigenvalue weighted by atomic mass is 10.0.